The molecule has 3 aromatic heterocycles. The molecule has 0 aromatic carbocycles. The number of esters is 1. The van der Waals surface area contributed by atoms with Crippen molar-refractivity contribution < 1.29 is 18.7 Å². The van der Waals surface area contributed by atoms with Crippen molar-refractivity contribution in [3.05, 3.63) is 50.8 Å². The Morgan fingerprint density at radius 3 is 2.73 bits per heavy atom. The molecule has 0 spiro atoms. The summed E-state index contributed by atoms with van der Waals surface area (Å²) in [5.74, 6) is -0.165. The molecule has 1 aliphatic heterocycles. The Morgan fingerprint density at radius 2 is 2.07 bits per heavy atom. The number of rotatable bonds is 4. The number of likely N-dealkylation sites (tertiary alicyclic amines) is 1. The molecular weight excluding hydrogens is 406 g/mol. The number of fused-ring (bicyclic) bond motifs is 1. The number of carbonyl (C=O) groups excluding carboxylic acids is 2. The molecule has 1 aliphatic rings. The number of aromatic amines is 1. The first-order valence-corrected chi connectivity index (χ1v) is 10.7. The van der Waals surface area contributed by atoms with Crippen LogP contribution in [0.5, 0.6) is 0 Å². The van der Waals surface area contributed by atoms with Gasteiger partial charge in [-0.2, -0.15) is 0 Å². The minimum absolute atomic E-state index is 0.170. The van der Waals surface area contributed by atoms with E-state index in [2.05, 4.69) is 9.97 Å². The highest BCUT2D eigenvalue weighted by Crippen LogP contribution is 2.28. The number of aryl methyl sites for hydroxylation is 2. The van der Waals surface area contributed by atoms with Gasteiger partial charge in [-0.25, -0.2) is 4.98 Å². The van der Waals surface area contributed by atoms with E-state index < -0.39 is 6.10 Å². The number of piperidine rings is 1. The quantitative estimate of drug-likeness (QED) is 0.638. The van der Waals surface area contributed by atoms with E-state index in [1.807, 2.05) is 13.8 Å². The number of hydrogen-bond donors (Lipinski definition) is 1. The summed E-state index contributed by atoms with van der Waals surface area (Å²) in [4.78, 5) is 48.0. The number of nitrogens with zero attached hydrogens (tertiary/aromatic N) is 2. The van der Waals surface area contributed by atoms with Gasteiger partial charge >= 0.3 is 5.97 Å². The van der Waals surface area contributed by atoms with E-state index in [0.29, 0.717) is 47.7 Å². The topological polar surface area (TPSA) is 106 Å². The summed E-state index contributed by atoms with van der Waals surface area (Å²) in [5.41, 5.74) is 0.709. The number of ether oxygens (including phenoxy) is 1. The molecule has 0 bridgehead atoms. The van der Waals surface area contributed by atoms with Crippen LogP contribution in [-0.2, 0) is 9.53 Å². The molecule has 1 amide bonds. The standard InChI is InChI=1S/C21H23N3O5S/c1-11-13(3)30-19-16(11)18(25)22-17(23-19)12(2)29-21(27)14-6-8-24(9-7-14)20(26)15-5-4-10-28-15/h4-5,10,12,14H,6-9H2,1-3H3,(H,22,23,25)/t12-/m1/s1. The van der Waals surface area contributed by atoms with Crippen LogP contribution in [0.2, 0.25) is 0 Å². The summed E-state index contributed by atoms with van der Waals surface area (Å²) in [6.07, 6.45) is 1.84. The second kappa shape index (κ2) is 8.06. The van der Waals surface area contributed by atoms with Crippen LogP contribution in [0.3, 0.4) is 0 Å². The largest absolute Gasteiger partial charge is 0.459 e. The second-order valence-corrected chi connectivity index (χ2v) is 8.74. The molecule has 4 rings (SSSR count). The minimum atomic E-state index is -0.667. The van der Waals surface area contributed by atoms with Crippen molar-refractivity contribution in [2.75, 3.05) is 13.1 Å². The van der Waals surface area contributed by atoms with Crippen LogP contribution in [0.4, 0.5) is 0 Å². The fraction of sp³-hybridized carbons (Fsp3) is 0.429. The van der Waals surface area contributed by atoms with E-state index in [0.717, 1.165) is 10.4 Å². The Labute approximate surface area is 176 Å². The molecule has 0 aliphatic carbocycles. The maximum Gasteiger partial charge on any atom is 0.309 e. The van der Waals surface area contributed by atoms with Crippen molar-refractivity contribution in [3.8, 4) is 0 Å². The zero-order valence-corrected chi connectivity index (χ0v) is 17.9. The van der Waals surface area contributed by atoms with Crippen LogP contribution in [0.1, 0.15) is 52.7 Å². The van der Waals surface area contributed by atoms with E-state index in [9.17, 15) is 14.4 Å². The Kier molecular flexibility index (Phi) is 5.46. The molecule has 9 heteroatoms. The van der Waals surface area contributed by atoms with E-state index in [1.165, 1.54) is 17.6 Å². The van der Waals surface area contributed by atoms with Gasteiger partial charge < -0.3 is 19.0 Å². The lowest BCUT2D eigenvalue weighted by Crippen LogP contribution is -2.40. The average Bonchev–Trinajstić information content (AvgIpc) is 3.36. The molecule has 0 radical (unpaired) electrons. The predicted octanol–water partition coefficient (Wildman–Crippen LogP) is 3.35. The first kappa shape index (κ1) is 20.3. The van der Waals surface area contributed by atoms with E-state index in [-0.39, 0.29) is 23.4 Å². The number of aromatic nitrogens is 2. The van der Waals surface area contributed by atoms with Crippen molar-refractivity contribution in [3.63, 3.8) is 0 Å². The molecule has 3 aromatic rings. The molecule has 1 N–H and O–H groups in total. The highest BCUT2D eigenvalue weighted by Gasteiger charge is 2.31. The van der Waals surface area contributed by atoms with Gasteiger partial charge in [0.2, 0.25) is 0 Å². The number of H-pyrrole nitrogens is 1. The lowest BCUT2D eigenvalue weighted by molar-refractivity contribution is -0.155. The molecule has 0 saturated carbocycles. The number of furan rings is 1. The van der Waals surface area contributed by atoms with Gasteiger partial charge in [0.25, 0.3) is 11.5 Å². The fourth-order valence-corrected chi connectivity index (χ4v) is 4.70. The van der Waals surface area contributed by atoms with E-state index in [4.69, 9.17) is 9.15 Å². The number of amides is 1. The normalized spacial score (nSPS) is 16.0. The molecule has 30 heavy (non-hydrogen) atoms. The summed E-state index contributed by atoms with van der Waals surface area (Å²) in [6.45, 7) is 6.47. The third-order valence-corrected chi connectivity index (χ3v) is 6.68. The van der Waals surface area contributed by atoms with Crippen molar-refractivity contribution in [1.29, 1.82) is 0 Å². The van der Waals surface area contributed by atoms with E-state index >= 15 is 0 Å². The molecule has 4 heterocycles. The van der Waals surface area contributed by atoms with Crippen LogP contribution < -0.4 is 5.56 Å². The monoisotopic (exact) mass is 429 g/mol. The van der Waals surface area contributed by atoms with Crippen molar-refractivity contribution in [2.45, 2.75) is 39.7 Å². The molecule has 158 valence electrons. The van der Waals surface area contributed by atoms with Crippen molar-refractivity contribution >= 4 is 33.4 Å². The lowest BCUT2D eigenvalue weighted by atomic mass is 9.97. The Balaban J connectivity index is 1.39. The molecule has 1 saturated heterocycles. The predicted molar refractivity (Wildman–Crippen MR) is 112 cm³/mol. The first-order valence-electron chi connectivity index (χ1n) is 9.88. The van der Waals surface area contributed by atoms with Crippen LogP contribution >= 0.6 is 11.3 Å². The summed E-state index contributed by atoms with van der Waals surface area (Å²) >= 11 is 1.46. The number of nitrogens with one attached hydrogen (secondary N) is 1. The van der Waals surface area contributed by atoms with Gasteiger partial charge in [0.1, 0.15) is 4.83 Å². The fourth-order valence-electron chi connectivity index (χ4n) is 3.66. The SMILES string of the molecule is Cc1sc2nc([C@@H](C)OC(=O)C3CCN(C(=O)c4ccco4)CC3)[nH]c(=O)c2c1C. The second-order valence-electron chi connectivity index (χ2n) is 7.54. The van der Waals surface area contributed by atoms with Crippen molar-refractivity contribution in [2.24, 2.45) is 5.92 Å². The van der Waals surface area contributed by atoms with E-state index in [1.54, 1.807) is 24.0 Å². The zero-order chi connectivity index (χ0) is 21.4. The van der Waals surface area contributed by atoms with Gasteiger partial charge in [-0.1, -0.05) is 0 Å². The smallest absolute Gasteiger partial charge is 0.309 e. The van der Waals surface area contributed by atoms with Gasteiger partial charge in [-0.05, 0) is 51.3 Å². The van der Waals surface area contributed by atoms with Crippen LogP contribution in [0, 0.1) is 19.8 Å². The van der Waals surface area contributed by atoms with Gasteiger partial charge in [0.15, 0.2) is 17.7 Å². The zero-order valence-electron chi connectivity index (χ0n) is 17.1. The van der Waals surface area contributed by atoms with Crippen LogP contribution in [0.15, 0.2) is 27.6 Å². The number of carbonyl (C=O) groups is 2. The third-order valence-electron chi connectivity index (χ3n) is 5.58. The maximum atomic E-state index is 12.6. The van der Waals surface area contributed by atoms with Gasteiger partial charge in [-0.15, -0.1) is 11.3 Å². The molecule has 0 unspecified atom stereocenters. The Hall–Kier alpha value is -2.94. The summed E-state index contributed by atoms with van der Waals surface area (Å²) in [7, 11) is 0. The Morgan fingerprint density at radius 1 is 1.33 bits per heavy atom. The van der Waals surface area contributed by atoms with Gasteiger partial charge in [-0.3, -0.25) is 14.4 Å². The Bertz CT molecular complexity index is 1140. The van der Waals surface area contributed by atoms with Crippen molar-refractivity contribution in [1.82, 2.24) is 14.9 Å². The van der Waals surface area contributed by atoms with Gasteiger partial charge in [0.05, 0.1) is 17.6 Å². The summed E-state index contributed by atoms with van der Waals surface area (Å²) in [6, 6.07) is 3.30. The first-order chi connectivity index (χ1) is 14.3. The third kappa shape index (κ3) is 3.77. The molecular formula is C21H23N3O5S. The molecule has 1 fully saturated rings. The highest BCUT2D eigenvalue weighted by atomic mass is 32.1. The minimum Gasteiger partial charge on any atom is -0.459 e. The summed E-state index contributed by atoms with van der Waals surface area (Å²) < 4.78 is 10.8. The van der Waals surface area contributed by atoms with Gasteiger partial charge in [0, 0.05) is 18.0 Å². The number of thiophene rings is 1. The molecule has 1 atom stereocenters. The molecule has 8 nitrogen and oxygen atoms in total. The summed E-state index contributed by atoms with van der Waals surface area (Å²) in [5, 5.41) is 0.591. The highest BCUT2D eigenvalue weighted by molar-refractivity contribution is 7.18. The number of hydrogen-bond acceptors (Lipinski definition) is 7. The maximum absolute atomic E-state index is 12.6. The lowest BCUT2D eigenvalue weighted by Gasteiger charge is -2.30. The van der Waals surface area contributed by atoms with Crippen LogP contribution in [0.25, 0.3) is 10.2 Å². The average molecular weight is 429 g/mol. The van der Waals surface area contributed by atoms with Crippen LogP contribution in [-0.4, -0.2) is 39.8 Å².